The molecule has 0 aliphatic carbocycles. The molecule has 136 valence electrons. The highest BCUT2D eigenvalue weighted by molar-refractivity contribution is 8.15. The van der Waals surface area contributed by atoms with Crippen molar-refractivity contribution in [3.63, 3.8) is 0 Å². The zero-order valence-electron chi connectivity index (χ0n) is 15.7. The van der Waals surface area contributed by atoms with E-state index in [0.717, 1.165) is 22.0 Å². The third-order valence-electron chi connectivity index (χ3n) is 4.18. The quantitative estimate of drug-likeness (QED) is 0.791. The molecule has 1 heterocycles. The van der Waals surface area contributed by atoms with Gasteiger partial charge in [0.15, 0.2) is 0 Å². The molecule has 0 atom stereocenters. The molecule has 1 aliphatic rings. The van der Waals surface area contributed by atoms with E-state index in [1.165, 1.54) is 17.3 Å². The largest absolute Gasteiger partial charge is 0.361 e. The third-order valence-corrected chi connectivity index (χ3v) is 5.17. The van der Waals surface area contributed by atoms with Crippen LogP contribution in [0.25, 0.3) is 0 Å². The Hall–Kier alpha value is -2.27. The summed E-state index contributed by atoms with van der Waals surface area (Å²) < 4.78 is 0. The van der Waals surface area contributed by atoms with Crippen molar-refractivity contribution < 1.29 is 4.79 Å². The maximum atomic E-state index is 12.3. The lowest BCUT2D eigenvalue weighted by Gasteiger charge is -2.30. The van der Waals surface area contributed by atoms with E-state index in [0.29, 0.717) is 11.7 Å². The summed E-state index contributed by atoms with van der Waals surface area (Å²) in [5.41, 5.74) is 3.82. The Morgan fingerprint density at radius 3 is 2.54 bits per heavy atom. The van der Waals surface area contributed by atoms with Crippen LogP contribution in [0.2, 0.25) is 0 Å². The fourth-order valence-corrected chi connectivity index (χ4v) is 3.81. The van der Waals surface area contributed by atoms with E-state index in [9.17, 15) is 4.79 Å². The van der Waals surface area contributed by atoms with E-state index in [-0.39, 0.29) is 11.6 Å². The summed E-state index contributed by atoms with van der Waals surface area (Å²) in [6.07, 6.45) is 0. The van der Waals surface area contributed by atoms with E-state index >= 15 is 0 Å². The molecule has 1 amide bonds. The fraction of sp³-hybridized carbons (Fsp3) is 0.333. The van der Waals surface area contributed by atoms with Crippen molar-refractivity contribution in [2.24, 2.45) is 4.99 Å². The van der Waals surface area contributed by atoms with Crippen molar-refractivity contribution in [2.45, 2.75) is 39.3 Å². The smallest absolute Gasteiger partial charge is 0.234 e. The second-order valence-electron chi connectivity index (χ2n) is 7.26. The number of fused-ring (bicyclic) bond motifs is 1. The van der Waals surface area contributed by atoms with Gasteiger partial charge < -0.3 is 10.6 Å². The Morgan fingerprint density at radius 2 is 1.85 bits per heavy atom. The highest BCUT2D eigenvalue weighted by Gasteiger charge is 2.26. The zero-order valence-corrected chi connectivity index (χ0v) is 16.5. The number of carbonyl (C=O) groups is 1. The molecule has 0 saturated carbocycles. The van der Waals surface area contributed by atoms with Crippen LogP contribution in [0.3, 0.4) is 0 Å². The highest BCUT2D eigenvalue weighted by Crippen LogP contribution is 2.31. The average molecular weight is 368 g/mol. The number of hydrogen-bond donors (Lipinski definition) is 2. The average Bonchev–Trinajstić information content (AvgIpc) is 2.59. The van der Waals surface area contributed by atoms with Crippen LogP contribution in [0.1, 0.15) is 44.7 Å². The van der Waals surface area contributed by atoms with E-state index in [4.69, 9.17) is 4.99 Å². The standard InChI is InChI=1S/C21H25N3OS/c1-14(2)15-9-11-16(12-10-15)22-19(25)13-26-20-17-7-5-6-8-18(17)23-21(3,4)24-20/h5-12,14,23H,13H2,1-4H3,(H,22,25). The van der Waals surface area contributed by atoms with Crippen molar-refractivity contribution in [3.05, 3.63) is 59.7 Å². The van der Waals surface area contributed by atoms with E-state index < -0.39 is 0 Å². The molecule has 0 unspecified atom stereocenters. The second-order valence-corrected chi connectivity index (χ2v) is 8.22. The van der Waals surface area contributed by atoms with E-state index in [1.54, 1.807) is 0 Å². The van der Waals surface area contributed by atoms with Crippen LogP contribution in [0.15, 0.2) is 53.5 Å². The van der Waals surface area contributed by atoms with Crippen molar-refractivity contribution in [3.8, 4) is 0 Å². The van der Waals surface area contributed by atoms with Gasteiger partial charge in [-0.3, -0.25) is 9.79 Å². The number of aliphatic imine (C=N–C) groups is 1. The Labute approximate surface area is 159 Å². The van der Waals surface area contributed by atoms with Gasteiger partial charge in [-0.1, -0.05) is 55.9 Å². The molecule has 1 aliphatic heterocycles. The lowest BCUT2D eigenvalue weighted by atomic mass is 10.0. The zero-order chi connectivity index (χ0) is 18.7. The first kappa shape index (κ1) is 18.5. The number of hydrogen-bond acceptors (Lipinski definition) is 4. The van der Waals surface area contributed by atoms with Crippen LogP contribution >= 0.6 is 11.8 Å². The molecule has 2 N–H and O–H groups in total. The molecule has 26 heavy (non-hydrogen) atoms. The van der Waals surface area contributed by atoms with Gasteiger partial charge >= 0.3 is 0 Å². The number of nitrogens with zero attached hydrogens (tertiary/aromatic N) is 1. The second kappa shape index (κ2) is 7.54. The van der Waals surface area contributed by atoms with Crippen LogP contribution in [-0.2, 0) is 4.79 Å². The Kier molecular flexibility index (Phi) is 5.37. The molecule has 0 saturated heterocycles. The van der Waals surface area contributed by atoms with Crippen molar-refractivity contribution >= 4 is 34.1 Å². The Morgan fingerprint density at radius 1 is 1.15 bits per heavy atom. The van der Waals surface area contributed by atoms with Gasteiger partial charge in [-0.05, 0) is 43.5 Å². The number of rotatable bonds is 4. The summed E-state index contributed by atoms with van der Waals surface area (Å²) in [5, 5.41) is 7.27. The molecule has 2 aromatic carbocycles. The number of carbonyl (C=O) groups excluding carboxylic acids is 1. The van der Waals surface area contributed by atoms with Crippen LogP contribution in [0.5, 0.6) is 0 Å². The van der Waals surface area contributed by atoms with Gasteiger partial charge in [-0.15, -0.1) is 0 Å². The number of para-hydroxylation sites is 1. The van der Waals surface area contributed by atoms with Gasteiger partial charge in [0.2, 0.25) is 5.91 Å². The number of anilines is 2. The normalized spacial score (nSPS) is 15.0. The fourth-order valence-electron chi connectivity index (χ4n) is 2.84. The molecule has 0 bridgehead atoms. The first-order chi connectivity index (χ1) is 12.3. The molecule has 0 spiro atoms. The van der Waals surface area contributed by atoms with Gasteiger partial charge in [0.25, 0.3) is 0 Å². The number of amides is 1. The summed E-state index contributed by atoms with van der Waals surface area (Å²) >= 11 is 1.48. The summed E-state index contributed by atoms with van der Waals surface area (Å²) in [6.45, 7) is 8.37. The maximum absolute atomic E-state index is 12.3. The van der Waals surface area contributed by atoms with Gasteiger partial charge in [0.1, 0.15) is 10.7 Å². The molecular formula is C21H25N3OS. The maximum Gasteiger partial charge on any atom is 0.234 e. The molecular weight excluding hydrogens is 342 g/mol. The summed E-state index contributed by atoms with van der Waals surface area (Å²) in [5.74, 6) is 0.787. The number of thioether (sulfide) groups is 1. The summed E-state index contributed by atoms with van der Waals surface area (Å²) in [7, 11) is 0. The van der Waals surface area contributed by atoms with E-state index in [1.807, 2.05) is 50.2 Å². The van der Waals surface area contributed by atoms with E-state index in [2.05, 4.69) is 36.6 Å². The SMILES string of the molecule is CC(C)c1ccc(NC(=O)CSC2=NC(C)(C)Nc3ccccc32)cc1. The predicted molar refractivity (Wildman–Crippen MR) is 112 cm³/mol. The number of nitrogens with one attached hydrogen (secondary N) is 2. The molecule has 0 aromatic heterocycles. The van der Waals surface area contributed by atoms with Crippen LogP contribution in [0, 0.1) is 0 Å². The minimum atomic E-state index is -0.375. The van der Waals surface area contributed by atoms with Gasteiger partial charge in [-0.25, -0.2) is 0 Å². The van der Waals surface area contributed by atoms with Crippen LogP contribution in [-0.4, -0.2) is 22.4 Å². The Bertz CT molecular complexity index is 825. The summed E-state index contributed by atoms with van der Waals surface area (Å²) in [4.78, 5) is 17.1. The molecule has 0 radical (unpaired) electrons. The lowest BCUT2D eigenvalue weighted by molar-refractivity contribution is -0.113. The minimum absolute atomic E-state index is 0.0242. The van der Waals surface area contributed by atoms with Crippen molar-refractivity contribution in [2.75, 3.05) is 16.4 Å². The monoisotopic (exact) mass is 367 g/mol. The third kappa shape index (κ3) is 4.47. The van der Waals surface area contributed by atoms with Crippen LogP contribution < -0.4 is 10.6 Å². The molecule has 3 rings (SSSR count). The van der Waals surface area contributed by atoms with Crippen LogP contribution in [0.4, 0.5) is 11.4 Å². The first-order valence-electron chi connectivity index (χ1n) is 8.84. The minimum Gasteiger partial charge on any atom is -0.361 e. The first-order valence-corrected chi connectivity index (χ1v) is 9.83. The summed E-state index contributed by atoms with van der Waals surface area (Å²) in [6, 6.07) is 16.1. The molecule has 0 fully saturated rings. The van der Waals surface area contributed by atoms with Gasteiger partial charge in [0, 0.05) is 16.9 Å². The van der Waals surface area contributed by atoms with Crippen molar-refractivity contribution in [1.82, 2.24) is 0 Å². The highest BCUT2D eigenvalue weighted by atomic mass is 32.2. The van der Waals surface area contributed by atoms with Gasteiger partial charge in [-0.2, -0.15) is 0 Å². The van der Waals surface area contributed by atoms with Crippen molar-refractivity contribution in [1.29, 1.82) is 0 Å². The van der Waals surface area contributed by atoms with Gasteiger partial charge in [0.05, 0.1) is 5.75 Å². The topological polar surface area (TPSA) is 53.5 Å². The molecule has 2 aromatic rings. The molecule has 5 heteroatoms. The predicted octanol–water partition coefficient (Wildman–Crippen LogP) is 5.09. The lowest BCUT2D eigenvalue weighted by Crippen LogP contribution is -2.34. The Balaban J connectivity index is 1.64. The molecule has 4 nitrogen and oxygen atoms in total. The number of benzene rings is 2.